The summed E-state index contributed by atoms with van der Waals surface area (Å²) in [5.41, 5.74) is 2.65. The van der Waals surface area contributed by atoms with Gasteiger partial charge in [0, 0.05) is 10.9 Å². The van der Waals surface area contributed by atoms with Gasteiger partial charge in [0.15, 0.2) is 0 Å². The van der Waals surface area contributed by atoms with E-state index in [-0.39, 0.29) is 22.8 Å². The van der Waals surface area contributed by atoms with E-state index in [4.69, 9.17) is 0 Å². The number of thiazole rings is 1. The first-order chi connectivity index (χ1) is 8.74. The molecule has 0 fully saturated rings. The van der Waals surface area contributed by atoms with Gasteiger partial charge in [0.05, 0.1) is 11.4 Å². The molecule has 7 heteroatoms. The Labute approximate surface area is 128 Å². The Hall–Kier alpha value is -1.18. The monoisotopic (exact) mass is 357 g/mol. The number of hydrogen-bond acceptors (Lipinski definition) is 5. The van der Waals surface area contributed by atoms with Gasteiger partial charge in [-0.25, -0.2) is 9.37 Å². The molecule has 0 aliphatic rings. The molecule has 0 atom stereocenters. The third kappa shape index (κ3) is 2.88. The lowest BCUT2D eigenvalue weighted by Crippen LogP contribution is -1.80. The summed E-state index contributed by atoms with van der Waals surface area (Å²) in [6.45, 7) is 1.91. The zero-order chi connectivity index (χ0) is 12.5. The smallest absolute Gasteiger partial charge is 0.137 e. The second-order valence-electron chi connectivity index (χ2n) is 3.73. The average Bonchev–Trinajstić information content (AvgIpc) is 2.98. The molecule has 0 spiro atoms. The molecular formula is C12H9BrFN3S2. The molecule has 0 saturated carbocycles. The molecule has 0 saturated heterocycles. The largest absolute Gasteiger partial charge is 0.235 e. The molecule has 0 unspecified atom stereocenters. The second kappa shape index (κ2) is 5.85. The predicted molar refractivity (Wildman–Crippen MR) is 81.5 cm³/mol. The van der Waals surface area contributed by atoms with E-state index >= 15 is 0 Å². The summed E-state index contributed by atoms with van der Waals surface area (Å²) >= 11 is 2.89. The fourth-order valence-corrected chi connectivity index (χ4v) is 3.17. The van der Waals surface area contributed by atoms with Crippen LogP contribution in [0, 0.1) is 12.7 Å². The molecule has 0 radical (unpaired) electrons. The van der Waals surface area contributed by atoms with Crippen molar-refractivity contribution in [1.82, 2.24) is 14.6 Å². The molecule has 2 heterocycles. The summed E-state index contributed by atoms with van der Waals surface area (Å²) in [6, 6.07) is 6.33. The van der Waals surface area contributed by atoms with Gasteiger partial charge in [-0.15, -0.1) is 33.4 Å². The molecule has 0 bridgehead atoms. The van der Waals surface area contributed by atoms with Crippen molar-refractivity contribution in [3.63, 3.8) is 0 Å². The Morgan fingerprint density at radius 3 is 2.53 bits per heavy atom. The van der Waals surface area contributed by atoms with E-state index in [0.717, 1.165) is 26.8 Å². The summed E-state index contributed by atoms with van der Waals surface area (Å²) in [5.74, 6) is -0.239. The third-order valence-corrected chi connectivity index (χ3v) is 4.31. The summed E-state index contributed by atoms with van der Waals surface area (Å²) in [4.78, 5) is 5.53. The molecule has 19 heavy (non-hydrogen) atoms. The number of aromatic nitrogens is 3. The maximum Gasteiger partial charge on any atom is 0.137 e. The van der Waals surface area contributed by atoms with Gasteiger partial charge in [-0.3, -0.25) is 0 Å². The van der Waals surface area contributed by atoms with Crippen LogP contribution in [-0.4, -0.2) is 14.6 Å². The maximum atomic E-state index is 12.9. The zero-order valence-electron chi connectivity index (χ0n) is 9.83. The van der Waals surface area contributed by atoms with E-state index in [1.807, 2.05) is 12.3 Å². The summed E-state index contributed by atoms with van der Waals surface area (Å²) in [5, 5.41) is 6.84. The summed E-state index contributed by atoms with van der Waals surface area (Å²) in [7, 11) is 0. The van der Waals surface area contributed by atoms with Gasteiger partial charge >= 0.3 is 0 Å². The third-order valence-electron chi connectivity index (χ3n) is 2.49. The van der Waals surface area contributed by atoms with E-state index in [2.05, 4.69) is 14.6 Å². The Balaban J connectivity index is 0.00000133. The predicted octanol–water partition coefficient (Wildman–Crippen LogP) is 4.35. The molecule has 3 nitrogen and oxygen atoms in total. The van der Waals surface area contributed by atoms with Crippen LogP contribution < -0.4 is 0 Å². The van der Waals surface area contributed by atoms with Crippen LogP contribution in [0.3, 0.4) is 0 Å². The van der Waals surface area contributed by atoms with E-state index in [1.165, 1.54) is 23.7 Å². The molecule has 0 N–H and O–H groups in total. The highest BCUT2D eigenvalue weighted by molar-refractivity contribution is 8.93. The van der Waals surface area contributed by atoms with Gasteiger partial charge < -0.3 is 0 Å². The van der Waals surface area contributed by atoms with Crippen molar-refractivity contribution in [3.8, 4) is 21.1 Å². The van der Waals surface area contributed by atoms with Crippen molar-refractivity contribution in [1.29, 1.82) is 0 Å². The summed E-state index contributed by atoms with van der Waals surface area (Å²) < 4.78 is 16.8. The average molecular weight is 358 g/mol. The standard InChI is InChI=1S/C12H8FN3S2.BrH/c1-7-11(18-16-15-7)12-14-10(6-17-12)8-2-4-9(13)5-3-8;/h2-6H,1H3;1H. The highest BCUT2D eigenvalue weighted by Gasteiger charge is 2.11. The molecule has 3 aromatic rings. The Morgan fingerprint density at radius 2 is 1.89 bits per heavy atom. The number of aryl methyl sites for hydroxylation is 1. The summed E-state index contributed by atoms with van der Waals surface area (Å²) in [6.07, 6.45) is 0. The molecular weight excluding hydrogens is 349 g/mol. The van der Waals surface area contributed by atoms with Crippen molar-refractivity contribution >= 4 is 39.9 Å². The Morgan fingerprint density at radius 1 is 1.16 bits per heavy atom. The first kappa shape index (κ1) is 14.2. The van der Waals surface area contributed by atoms with Crippen molar-refractivity contribution in [2.75, 3.05) is 0 Å². The van der Waals surface area contributed by atoms with E-state index in [0.29, 0.717) is 0 Å². The zero-order valence-corrected chi connectivity index (χ0v) is 13.2. The number of halogens is 2. The van der Waals surface area contributed by atoms with Crippen molar-refractivity contribution < 1.29 is 4.39 Å². The highest BCUT2D eigenvalue weighted by Crippen LogP contribution is 2.32. The molecule has 98 valence electrons. The van der Waals surface area contributed by atoms with Crippen LogP contribution in [0.1, 0.15) is 5.69 Å². The second-order valence-corrected chi connectivity index (χ2v) is 5.34. The van der Waals surface area contributed by atoms with Crippen molar-refractivity contribution in [3.05, 3.63) is 41.2 Å². The fraction of sp³-hybridized carbons (Fsp3) is 0.0833. The van der Waals surface area contributed by atoms with E-state index in [9.17, 15) is 4.39 Å². The number of nitrogens with zero attached hydrogens (tertiary/aromatic N) is 3. The van der Waals surface area contributed by atoms with Crippen molar-refractivity contribution in [2.45, 2.75) is 6.92 Å². The molecule has 0 amide bonds. The minimum absolute atomic E-state index is 0. The van der Waals surface area contributed by atoms with Gasteiger partial charge in [0.1, 0.15) is 15.7 Å². The lowest BCUT2D eigenvalue weighted by molar-refractivity contribution is 0.628. The van der Waals surface area contributed by atoms with Gasteiger partial charge in [-0.1, -0.05) is 4.49 Å². The van der Waals surface area contributed by atoms with E-state index < -0.39 is 0 Å². The molecule has 0 aliphatic carbocycles. The number of rotatable bonds is 2. The Kier molecular flexibility index (Phi) is 4.38. The fourth-order valence-electron chi connectivity index (χ4n) is 1.56. The molecule has 1 aromatic carbocycles. The molecule has 0 aliphatic heterocycles. The normalized spacial score (nSPS) is 10.2. The molecule has 2 aromatic heterocycles. The van der Waals surface area contributed by atoms with Crippen LogP contribution in [-0.2, 0) is 0 Å². The van der Waals surface area contributed by atoms with Crippen LogP contribution in [0.15, 0.2) is 29.6 Å². The van der Waals surface area contributed by atoms with Crippen LogP contribution in [0.4, 0.5) is 4.39 Å². The van der Waals surface area contributed by atoms with E-state index in [1.54, 1.807) is 23.5 Å². The minimum Gasteiger partial charge on any atom is -0.235 e. The number of hydrogen-bond donors (Lipinski definition) is 0. The number of benzene rings is 1. The van der Waals surface area contributed by atoms with Crippen LogP contribution >= 0.6 is 39.9 Å². The first-order valence-corrected chi connectivity index (χ1v) is 6.90. The quantitative estimate of drug-likeness (QED) is 0.684. The van der Waals surface area contributed by atoms with Crippen molar-refractivity contribution in [2.24, 2.45) is 0 Å². The Bertz CT molecular complexity index is 678. The minimum atomic E-state index is -0.239. The van der Waals surface area contributed by atoms with Gasteiger partial charge in [-0.2, -0.15) is 0 Å². The van der Waals surface area contributed by atoms with Gasteiger partial charge in [0.2, 0.25) is 0 Å². The van der Waals surface area contributed by atoms with Gasteiger partial charge in [-0.05, 0) is 42.7 Å². The van der Waals surface area contributed by atoms with Crippen LogP contribution in [0.5, 0.6) is 0 Å². The highest BCUT2D eigenvalue weighted by atomic mass is 79.9. The molecule has 3 rings (SSSR count). The lowest BCUT2D eigenvalue weighted by atomic mass is 10.2. The maximum absolute atomic E-state index is 12.9. The SMILES string of the molecule is Br.Cc1nnsc1-c1nc(-c2ccc(F)cc2)cs1. The topological polar surface area (TPSA) is 38.7 Å². The van der Waals surface area contributed by atoms with Crippen LogP contribution in [0.2, 0.25) is 0 Å². The van der Waals surface area contributed by atoms with Gasteiger partial charge in [0.25, 0.3) is 0 Å². The van der Waals surface area contributed by atoms with Crippen LogP contribution in [0.25, 0.3) is 21.1 Å². The lowest BCUT2D eigenvalue weighted by Gasteiger charge is -1.95. The first-order valence-electron chi connectivity index (χ1n) is 5.25.